The van der Waals surface area contributed by atoms with Crippen molar-refractivity contribution in [1.29, 1.82) is 0 Å². The fourth-order valence-corrected chi connectivity index (χ4v) is 5.10. The first kappa shape index (κ1) is 22.7. The number of rotatable bonds is 4. The topological polar surface area (TPSA) is 22.1 Å². The average Bonchev–Trinajstić information content (AvgIpc) is 3.26. The van der Waals surface area contributed by atoms with Crippen LogP contribution in [0.1, 0.15) is 58.2 Å². The van der Waals surface area contributed by atoms with Crippen LogP contribution in [-0.2, 0) is 31.5 Å². The highest BCUT2D eigenvalue weighted by molar-refractivity contribution is 5.50. The van der Waals surface area contributed by atoms with Crippen LogP contribution < -0.4 is 4.74 Å². The van der Waals surface area contributed by atoms with E-state index in [0.717, 1.165) is 36.1 Å². The molecular weight excluding hydrogens is 456 g/mol. The van der Waals surface area contributed by atoms with Gasteiger partial charge in [0.1, 0.15) is 12.4 Å². The van der Waals surface area contributed by atoms with Gasteiger partial charge in [-0.05, 0) is 59.2 Å². The third kappa shape index (κ3) is 4.03. The maximum Gasteiger partial charge on any atom is 0.416 e. The van der Waals surface area contributed by atoms with Gasteiger partial charge in [-0.25, -0.2) is 18.2 Å². The molecule has 1 aromatic heterocycles. The van der Waals surface area contributed by atoms with Gasteiger partial charge in [0.25, 0.3) is 5.92 Å². The van der Waals surface area contributed by atoms with Crippen LogP contribution >= 0.6 is 0 Å². The second kappa shape index (κ2) is 8.03. The second-order valence-electron chi connectivity index (χ2n) is 9.17. The standard InChI is InChI=1S/C26H21F6NO/c1-14-6-15-9-24(33-12-16(15)7-14)34-13-17-8-19-20(11-25(28,29)22(19)10-23(17)27)18-4-2-3-5-21(18)26(30,31)32/h2-5,8-10,12,14,20H,6-7,11,13H2,1H3. The van der Waals surface area contributed by atoms with Crippen molar-refractivity contribution < 1.29 is 31.1 Å². The second-order valence-corrected chi connectivity index (χ2v) is 9.17. The molecule has 0 spiro atoms. The maximum absolute atomic E-state index is 14.7. The third-order valence-electron chi connectivity index (χ3n) is 6.66. The van der Waals surface area contributed by atoms with E-state index in [1.807, 2.05) is 0 Å². The molecule has 2 atom stereocenters. The number of hydrogen-bond acceptors (Lipinski definition) is 2. The van der Waals surface area contributed by atoms with Crippen molar-refractivity contribution in [2.45, 2.75) is 50.8 Å². The Morgan fingerprint density at radius 3 is 2.53 bits per heavy atom. The minimum Gasteiger partial charge on any atom is -0.473 e. The molecule has 0 saturated heterocycles. The Balaban J connectivity index is 1.48. The summed E-state index contributed by atoms with van der Waals surface area (Å²) < 4.78 is 90.6. The van der Waals surface area contributed by atoms with E-state index in [4.69, 9.17) is 4.74 Å². The van der Waals surface area contributed by atoms with E-state index in [-0.39, 0.29) is 29.2 Å². The number of halogens is 6. The van der Waals surface area contributed by atoms with Crippen LogP contribution in [-0.4, -0.2) is 4.98 Å². The Bertz CT molecular complexity index is 1250. The summed E-state index contributed by atoms with van der Waals surface area (Å²) in [7, 11) is 0. The first-order valence-corrected chi connectivity index (χ1v) is 11.0. The molecule has 8 heteroatoms. The molecule has 0 bridgehead atoms. The molecule has 2 aliphatic rings. The molecule has 0 fully saturated rings. The quantitative estimate of drug-likeness (QED) is 0.372. The number of pyridine rings is 1. The van der Waals surface area contributed by atoms with Crippen LogP contribution in [0.25, 0.3) is 0 Å². The average molecular weight is 477 g/mol. The number of ether oxygens (including phenoxy) is 1. The van der Waals surface area contributed by atoms with Crippen molar-refractivity contribution in [2.75, 3.05) is 0 Å². The van der Waals surface area contributed by atoms with Gasteiger partial charge in [0.15, 0.2) is 0 Å². The first-order valence-electron chi connectivity index (χ1n) is 11.0. The van der Waals surface area contributed by atoms with Crippen molar-refractivity contribution in [3.05, 3.63) is 93.4 Å². The molecule has 0 radical (unpaired) electrons. The molecule has 0 aliphatic heterocycles. The van der Waals surface area contributed by atoms with Crippen molar-refractivity contribution in [2.24, 2.45) is 5.92 Å². The molecule has 2 nitrogen and oxygen atoms in total. The zero-order valence-electron chi connectivity index (χ0n) is 18.2. The highest BCUT2D eigenvalue weighted by atomic mass is 19.4. The fourth-order valence-electron chi connectivity index (χ4n) is 5.10. The minimum atomic E-state index is -4.70. The molecule has 2 aliphatic carbocycles. The van der Waals surface area contributed by atoms with Crippen molar-refractivity contribution >= 4 is 0 Å². The summed E-state index contributed by atoms with van der Waals surface area (Å²) in [6.07, 6.45) is -2.02. The summed E-state index contributed by atoms with van der Waals surface area (Å²) in [6.45, 7) is 1.85. The molecule has 0 N–H and O–H groups in total. The number of alkyl halides is 5. The van der Waals surface area contributed by atoms with E-state index >= 15 is 0 Å². The van der Waals surface area contributed by atoms with E-state index in [1.54, 1.807) is 12.3 Å². The molecule has 2 unspecified atom stereocenters. The largest absolute Gasteiger partial charge is 0.473 e. The zero-order valence-corrected chi connectivity index (χ0v) is 18.2. The van der Waals surface area contributed by atoms with Gasteiger partial charge in [-0.1, -0.05) is 25.1 Å². The lowest BCUT2D eigenvalue weighted by atomic mass is 9.88. The number of nitrogens with zero attached hydrogens (tertiary/aromatic N) is 1. The summed E-state index contributed by atoms with van der Waals surface area (Å²) in [6, 6.07) is 8.40. The SMILES string of the molecule is CC1Cc2cnc(OCc3cc4c(cc3F)C(F)(F)CC4c3ccccc3C(F)(F)F)cc2C1. The predicted molar refractivity (Wildman–Crippen MR) is 113 cm³/mol. The van der Waals surface area contributed by atoms with Gasteiger partial charge >= 0.3 is 6.18 Å². The summed E-state index contributed by atoms with van der Waals surface area (Å²) in [4.78, 5) is 4.24. The molecule has 0 saturated carbocycles. The Labute approximate surface area is 192 Å². The zero-order chi connectivity index (χ0) is 24.3. The van der Waals surface area contributed by atoms with Crippen LogP contribution in [0.4, 0.5) is 26.3 Å². The summed E-state index contributed by atoms with van der Waals surface area (Å²) >= 11 is 0. The van der Waals surface area contributed by atoms with Crippen molar-refractivity contribution in [1.82, 2.24) is 4.98 Å². The molecule has 5 rings (SSSR count). The Hall–Kier alpha value is -3.03. The number of benzene rings is 2. The highest BCUT2D eigenvalue weighted by Gasteiger charge is 2.48. The van der Waals surface area contributed by atoms with E-state index in [9.17, 15) is 26.3 Å². The number of aromatic nitrogens is 1. The van der Waals surface area contributed by atoms with Gasteiger partial charge in [0.05, 0.1) is 5.56 Å². The Morgan fingerprint density at radius 1 is 1.03 bits per heavy atom. The van der Waals surface area contributed by atoms with E-state index in [1.165, 1.54) is 24.3 Å². The monoisotopic (exact) mass is 477 g/mol. The van der Waals surface area contributed by atoms with Crippen molar-refractivity contribution in [3.8, 4) is 5.88 Å². The van der Waals surface area contributed by atoms with E-state index in [0.29, 0.717) is 5.92 Å². The fraction of sp³-hybridized carbons (Fsp3) is 0.346. The lowest BCUT2D eigenvalue weighted by Gasteiger charge is -2.19. The van der Waals surface area contributed by atoms with E-state index < -0.39 is 41.4 Å². The van der Waals surface area contributed by atoms with Crippen LogP contribution in [0.2, 0.25) is 0 Å². The smallest absolute Gasteiger partial charge is 0.416 e. The number of hydrogen-bond donors (Lipinski definition) is 0. The predicted octanol–water partition coefficient (Wildman–Crippen LogP) is 7.18. The minimum absolute atomic E-state index is 0.0124. The van der Waals surface area contributed by atoms with Gasteiger partial charge < -0.3 is 4.74 Å². The molecule has 3 aromatic rings. The van der Waals surface area contributed by atoms with Crippen LogP contribution in [0.15, 0.2) is 48.7 Å². The van der Waals surface area contributed by atoms with Gasteiger partial charge in [0, 0.05) is 35.7 Å². The maximum atomic E-state index is 14.7. The first-order chi connectivity index (χ1) is 16.0. The van der Waals surface area contributed by atoms with Gasteiger partial charge in [-0.3, -0.25) is 0 Å². The molecule has 0 amide bonds. The molecule has 1 heterocycles. The summed E-state index contributed by atoms with van der Waals surface area (Å²) in [5, 5.41) is 0. The van der Waals surface area contributed by atoms with E-state index in [2.05, 4.69) is 11.9 Å². The molecule has 178 valence electrons. The summed E-state index contributed by atoms with van der Waals surface area (Å²) in [5.74, 6) is -4.77. The lowest BCUT2D eigenvalue weighted by molar-refractivity contribution is -0.138. The molecular formula is C26H21F6NO. The van der Waals surface area contributed by atoms with Crippen molar-refractivity contribution in [3.63, 3.8) is 0 Å². The summed E-state index contributed by atoms with van der Waals surface area (Å²) in [5.41, 5.74) is 0.412. The van der Waals surface area contributed by atoms with Crippen LogP contribution in [0.5, 0.6) is 5.88 Å². The molecule has 2 aromatic carbocycles. The third-order valence-corrected chi connectivity index (χ3v) is 6.66. The highest BCUT2D eigenvalue weighted by Crippen LogP contribution is 2.53. The van der Waals surface area contributed by atoms with Crippen LogP contribution in [0.3, 0.4) is 0 Å². The Kier molecular flexibility index (Phi) is 5.37. The Morgan fingerprint density at radius 2 is 1.76 bits per heavy atom. The van der Waals surface area contributed by atoms with Gasteiger partial charge in [-0.2, -0.15) is 13.2 Å². The molecule has 34 heavy (non-hydrogen) atoms. The van der Waals surface area contributed by atoms with Gasteiger partial charge in [0.2, 0.25) is 5.88 Å². The number of fused-ring (bicyclic) bond motifs is 2. The van der Waals surface area contributed by atoms with Crippen LogP contribution in [0, 0.1) is 11.7 Å². The normalized spacial score (nSPS) is 20.8. The lowest BCUT2D eigenvalue weighted by Crippen LogP contribution is -2.13. The van der Waals surface area contributed by atoms with Gasteiger partial charge in [-0.15, -0.1) is 0 Å².